The van der Waals surface area contributed by atoms with Crippen LogP contribution in [0.3, 0.4) is 0 Å². The quantitative estimate of drug-likeness (QED) is 0.384. The lowest BCUT2D eigenvalue weighted by Crippen LogP contribution is -2.18. The Hall–Kier alpha value is -0.135. The lowest BCUT2D eigenvalue weighted by Gasteiger charge is -2.15. The van der Waals surface area contributed by atoms with Gasteiger partial charge in [0, 0.05) is 5.41 Å². The molecule has 0 spiro atoms. The van der Waals surface area contributed by atoms with Crippen molar-refractivity contribution in [3.8, 4) is 0 Å². The Balaban J connectivity index is 3.90. The van der Waals surface area contributed by atoms with Crippen LogP contribution in [0.2, 0.25) is 0 Å². The van der Waals surface area contributed by atoms with Crippen LogP contribution >= 0.6 is 8.03 Å². The summed E-state index contributed by atoms with van der Waals surface area (Å²) in [5, 5.41) is 0. The summed E-state index contributed by atoms with van der Waals surface area (Å²) in [7, 11) is 4.64. The summed E-state index contributed by atoms with van der Waals surface area (Å²) in [5.41, 5.74) is -0.394. The number of allylic oxidation sites excluding steroid dienone is 1. The number of carbonyl (C=O) groups excluding carboxylic acids is 1. The van der Waals surface area contributed by atoms with Crippen molar-refractivity contribution >= 4 is 21.4 Å². The van der Waals surface area contributed by atoms with Crippen molar-refractivity contribution in [2.75, 3.05) is 13.3 Å². The van der Waals surface area contributed by atoms with Crippen LogP contribution < -0.4 is 0 Å². The molecule has 0 aromatic rings. The van der Waals surface area contributed by atoms with Gasteiger partial charge in [-0.05, 0) is 35.5 Å². The highest BCUT2D eigenvalue weighted by atomic mass is 31.1. The second-order valence-electron chi connectivity index (χ2n) is 3.52. The van der Waals surface area contributed by atoms with Crippen LogP contribution in [0.1, 0.15) is 20.8 Å². The van der Waals surface area contributed by atoms with Gasteiger partial charge in [-0.3, -0.25) is 4.79 Å². The minimum atomic E-state index is -0.799. The Labute approximate surface area is 82.9 Å². The zero-order valence-corrected chi connectivity index (χ0v) is 9.60. The smallest absolute Gasteiger partial charge is 0.148 e. The molecule has 0 heterocycles. The predicted octanol–water partition coefficient (Wildman–Crippen LogP) is 2.28. The van der Waals surface area contributed by atoms with Crippen LogP contribution in [0.4, 0.5) is 0 Å². The van der Waals surface area contributed by atoms with Crippen molar-refractivity contribution in [2.45, 2.75) is 20.8 Å². The predicted molar refractivity (Wildman–Crippen MR) is 58.2 cm³/mol. The lowest BCUT2D eigenvalue weighted by atomic mass is 9.89. The van der Waals surface area contributed by atoms with E-state index in [1.165, 1.54) is 0 Å². The van der Waals surface area contributed by atoms with Gasteiger partial charge in [-0.15, -0.1) is 0 Å². The first-order chi connectivity index (χ1) is 5.86. The summed E-state index contributed by atoms with van der Waals surface area (Å²) in [6, 6.07) is 0. The van der Waals surface area contributed by atoms with Crippen molar-refractivity contribution in [2.24, 2.45) is 5.41 Å². The minimum absolute atomic E-state index is 0.148. The third kappa shape index (κ3) is 6.01. The molecule has 4 heteroatoms. The van der Waals surface area contributed by atoms with E-state index >= 15 is 0 Å². The van der Waals surface area contributed by atoms with Crippen LogP contribution in [-0.4, -0.2) is 26.6 Å². The fourth-order valence-corrected chi connectivity index (χ4v) is 0.942. The van der Waals surface area contributed by atoms with Crippen LogP contribution in [0.25, 0.3) is 0 Å². The van der Waals surface area contributed by atoms with Crippen molar-refractivity contribution in [1.29, 1.82) is 0 Å². The Morgan fingerprint density at radius 3 is 2.54 bits per heavy atom. The first-order valence-electron chi connectivity index (χ1n) is 4.16. The van der Waals surface area contributed by atoms with Gasteiger partial charge in [-0.1, -0.05) is 12.2 Å². The van der Waals surface area contributed by atoms with Crippen LogP contribution in [-0.2, 0) is 9.32 Å². The molecule has 72 valence electrons. The molecule has 13 heavy (non-hydrogen) atoms. The number of carbonyl (C=O) groups is 1. The van der Waals surface area contributed by atoms with E-state index in [1.54, 1.807) is 6.92 Å². The Bertz CT molecular complexity index is 200. The Morgan fingerprint density at radius 2 is 2.15 bits per heavy atom. The molecule has 0 aromatic heterocycles. The summed E-state index contributed by atoms with van der Waals surface area (Å²) in [6.45, 7) is 7.65. The zero-order chi connectivity index (χ0) is 10.5. The minimum Gasteiger partial charge on any atom is -0.367 e. The molecule has 1 atom stereocenters. The SMILES string of the molecule is [B]P(C)OC/C=C/C(C)(C)C(C)=O. The van der Waals surface area contributed by atoms with E-state index in [0.717, 1.165) is 0 Å². The van der Waals surface area contributed by atoms with Gasteiger partial charge in [0.25, 0.3) is 0 Å². The fraction of sp³-hybridized carbons (Fsp3) is 0.667. The van der Waals surface area contributed by atoms with Crippen molar-refractivity contribution in [3.05, 3.63) is 12.2 Å². The molecule has 2 radical (unpaired) electrons. The molecule has 0 aliphatic rings. The van der Waals surface area contributed by atoms with E-state index in [-0.39, 0.29) is 5.78 Å². The van der Waals surface area contributed by atoms with Crippen LogP contribution in [0, 0.1) is 5.41 Å². The molecule has 0 amide bonds. The van der Waals surface area contributed by atoms with E-state index in [9.17, 15) is 4.79 Å². The fourth-order valence-electron chi connectivity index (χ4n) is 0.621. The molecule has 0 rings (SSSR count). The molecular formula is C9H16BO2P. The zero-order valence-electron chi connectivity index (χ0n) is 8.70. The second-order valence-corrected chi connectivity index (χ2v) is 4.87. The van der Waals surface area contributed by atoms with E-state index < -0.39 is 13.4 Å². The number of Topliss-reactive ketones (excluding diaryl/α,β-unsaturated/α-hetero) is 1. The first-order valence-corrected chi connectivity index (χ1v) is 5.94. The molecule has 0 fully saturated rings. The summed E-state index contributed by atoms with van der Waals surface area (Å²) >= 11 is 0. The third-order valence-electron chi connectivity index (χ3n) is 1.82. The van der Waals surface area contributed by atoms with E-state index in [1.807, 2.05) is 32.7 Å². The maximum absolute atomic E-state index is 11.1. The Kier molecular flexibility index (Phi) is 5.51. The summed E-state index contributed by atoms with van der Waals surface area (Å²) in [6.07, 6.45) is 3.70. The van der Waals surface area contributed by atoms with Crippen LogP contribution in [0.5, 0.6) is 0 Å². The molecule has 1 unspecified atom stereocenters. The molecule has 2 nitrogen and oxygen atoms in total. The molecule has 0 saturated heterocycles. The molecular weight excluding hydrogens is 182 g/mol. The molecule has 0 N–H and O–H groups in total. The highest BCUT2D eigenvalue weighted by Crippen LogP contribution is 2.24. The van der Waals surface area contributed by atoms with Crippen LogP contribution in [0.15, 0.2) is 12.2 Å². The summed E-state index contributed by atoms with van der Waals surface area (Å²) in [4.78, 5) is 11.1. The summed E-state index contributed by atoms with van der Waals surface area (Å²) < 4.78 is 5.16. The van der Waals surface area contributed by atoms with Gasteiger partial charge in [0.05, 0.1) is 6.61 Å². The lowest BCUT2D eigenvalue weighted by molar-refractivity contribution is -0.122. The Morgan fingerprint density at radius 1 is 1.62 bits per heavy atom. The molecule has 0 saturated carbocycles. The van der Waals surface area contributed by atoms with E-state index in [2.05, 4.69) is 0 Å². The van der Waals surface area contributed by atoms with Crippen molar-refractivity contribution < 1.29 is 9.32 Å². The highest BCUT2D eigenvalue weighted by molar-refractivity contribution is 7.77. The third-order valence-corrected chi connectivity index (χ3v) is 2.37. The van der Waals surface area contributed by atoms with Crippen molar-refractivity contribution in [3.63, 3.8) is 0 Å². The maximum Gasteiger partial charge on any atom is 0.148 e. The van der Waals surface area contributed by atoms with Gasteiger partial charge in [0.2, 0.25) is 0 Å². The highest BCUT2D eigenvalue weighted by Gasteiger charge is 2.18. The average Bonchev–Trinajstić information content (AvgIpc) is 1.97. The molecule has 0 aliphatic carbocycles. The van der Waals surface area contributed by atoms with Gasteiger partial charge >= 0.3 is 0 Å². The number of rotatable bonds is 5. The average molecular weight is 198 g/mol. The van der Waals surface area contributed by atoms with Gasteiger partial charge in [0.1, 0.15) is 13.3 Å². The van der Waals surface area contributed by atoms with Gasteiger partial charge in [-0.2, -0.15) is 0 Å². The molecule has 0 bridgehead atoms. The maximum atomic E-state index is 11.1. The van der Waals surface area contributed by atoms with Gasteiger partial charge < -0.3 is 4.52 Å². The second kappa shape index (κ2) is 5.56. The number of hydrogen-bond donors (Lipinski definition) is 0. The van der Waals surface area contributed by atoms with Crippen molar-refractivity contribution in [1.82, 2.24) is 0 Å². The normalized spacial score (nSPS) is 14.8. The largest absolute Gasteiger partial charge is 0.367 e. The number of hydrogen-bond acceptors (Lipinski definition) is 2. The molecule has 0 aliphatic heterocycles. The molecule has 0 aromatic carbocycles. The first kappa shape index (κ1) is 12.9. The van der Waals surface area contributed by atoms with Gasteiger partial charge in [0.15, 0.2) is 0 Å². The summed E-state index contributed by atoms with van der Waals surface area (Å²) in [5.74, 6) is 0.148. The van der Waals surface area contributed by atoms with E-state index in [4.69, 9.17) is 12.1 Å². The monoisotopic (exact) mass is 198 g/mol. The van der Waals surface area contributed by atoms with E-state index in [0.29, 0.717) is 6.61 Å². The topological polar surface area (TPSA) is 26.3 Å². The van der Waals surface area contributed by atoms with Gasteiger partial charge in [-0.25, -0.2) is 0 Å². The standard InChI is InChI=1S/C9H16BO2P/c1-8(11)9(2,3)6-5-7-12-13(4)10/h5-6H,7H2,1-4H3/b6-5+. The number of ketones is 1.